The van der Waals surface area contributed by atoms with E-state index in [-0.39, 0.29) is 0 Å². The molecule has 7 heteroatoms. The van der Waals surface area contributed by atoms with Crippen molar-refractivity contribution >= 4 is 27.3 Å². The van der Waals surface area contributed by atoms with E-state index < -0.39 is 22.0 Å². The fourth-order valence-corrected chi connectivity index (χ4v) is 3.82. The van der Waals surface area contributed by atoms with Crippen molar-refractivity contribution in [3.8, 4) is 5.75 Å². The molecule has 0 radical (unpaired) electrons. The molecule has 26 heavy (non-hydrogen) atoms. The van der Waals surface area contributed by atoms with Gasteiger partial charge in [0.15, 0.2) is 0 Å². The monoisotopic (exact) mass is 376 g/mol. The molecule has 0 aromatic heterocycles. The van der Waals surface area contributed by atoms with Crippen molar-refractivity contribution in [1.82, 2.24) is 0 Å². The van der Waals surface area contributed by atoms with Gasteiger partial charge in [0.1, 0.15) is 11.8 Å². The molecule has 0 fully saturated rings. The maximum atomic E-state index is 12.7. The van der Waals surface area contributed by atoms with Crippen molar-refractivity contribution in [2.24, 2.45) is 0 Å². The van der Waals surface area contributed by atoms with Gasteiger partial charge >= 0.3 is 0 Å². The number of sulfonamides is 1. The Balaban J connectivity index is 2.32. The molecule has 140 valence electrons. The lowest BCUT2D eigenvalue weighted by Gasteiger charge is -2.28. The summed E-state index contributed by atoms with van der Waals surface area (Å²) in [6, 6.07) is 11.3. The smallest absolute Gasteiger partial charge is 0.248 e. The molecule has 0 unspecified atom stereocenters. The molecule has 0 saturated heterocycles. The number of rotatable bonds is 6. The molecular formula is C19H24N2O4S. The first-order valence-electron chi connectivity index (χ1n) is 8.15. The van der Waals surface area contributed by atoms with E-state index in [0.29, 0.717) is 17.1 Å². The van der Waals surface area contributed by atoms with Crippen molar-refractivity contribution in [1.29, 1.82) is 0 Å². The predicted octanol–water partition coefficient (Wildman–Crippen LogP) is 3.11. The first-order chi connectivity index (χ1) is 12.1. The zero-order chi connectivity index (χ0) is 19.5. The Bertz CT molecular complexity index is 892. The summed E-state index contributed by atoms with van der Waals surface area (Å²) in [6.07, 6.45) is 1.08. The number of nitrogens with one attached hydrogen (secondary N) is 1. The van der Waals surface area contributed by atoms with Gasteiger partial charge in [-0.3, -0.25) is 9.10 Å². The van der Waals surface area contributed by atoms with Crippen LogP contribution in [0.4, 0.5) is 11.4 Å². The van der Waals surface area contributed by atoms with E-state index in [1.807, 2.05) is 32.0 Å². The average Bonchev–Trinajstić information content (AvgIpc) is 2.57. The number of carbonyl (C=O) groups is 1. The minimum Gasteiger partial charge on any atom is -0.497 e. The normalized spacial score (nSPS) is 12.3. The lowest BCUT2D eigenvalue weighted by molar-refractivity contribution is -0.116. The molecule has 0 aliphatic rings. The first-order valence-corrected chi connectivity index (χ1v) is 10.00. The molecule has 2 rings (SSSR count). The van der Waals surface area contributed by atoms with Gasteiger partial charge in [0.2, 0.25) is 15.9 Å². The highest BCUT2D eigenvalue weighted by Gasteiger charge is 2.29. The van der Waals surface area contributed by atoms with Crippen molar-refractivity contribution in [2.75, 3.05) is 23.0 Å². The van der Waals surface area contributed by atoms with Crippen molar-refractivity contribution in [3.63, 3.8) is 0 Å². The number of nitrogens with zero attached hydrogens (tertiary/aromatic N) is 1. The molecule has 2 aromatic rings. The van der Waals surface area contributed by atoms with Gasteiger partial charge in [0.05, 0.1) is 19.1 Å². The number of hydrogen-bond donors (Lipinski definition) is 1. The zero-order valence-electron chi connectivity index (χ0n) is 15.6. The number of methoxy groups -OCH3 is 1. The fraction of sp³-hybridized carbons (Fsp3) is 0.316. The molecular weight excluding hydrogens is 352 g/mol. The molecule has 0 spiro atoms. The maximum absolute atomic E-state index is 12.7. The van der Waals surface area contributed by atoms with Crippen LogP contribution in [0.1, 0.15) is 18.1 Å². The van der Waals surface area contributed by atoms with E-state index in [1.54, 1.807) is 31.2 Å². The molecule has 0 aliphatic heterocycles. The Morgan fingerprint density at radius 3 is 2.27 bits per heavy atom. The number of carbonyl (C=O) groups excluding carboxylic acids is 1. The third-order valence-electron chi connectivity index (χ3n) is 4.07. The van der Waals surface area contributed by atoms with Crippen LogP contribution in [-0.2, 0) is 14.8 Å². The highest BCUT2D eigenvalue weighted by atomic mass is 32.2. The standard InChI is InChI=1S/C19H24N2O4S/c1-13-6-7-14(2)18(12-13)20-19(22)15(3)21(26(5,23)24)16-8-10-17(25-4)11-9-16/h6-12,15H,1-5H3,(H,20,22)/t15-/m0/s1. The third-order valence-corrected chi connectivity index (χ3v) is 5.31. The number of hydrogen-bond acceptors (Lipinski definition) is 4. The Morgan fingerprint density at radius 2 is 1.73 bits per heavy atom. The fourth-order valence-electron chi connectivity index (χ4n) is 2.65. The molecule has 0 aliphatic carbocycles. The summed E-state index contributed by atoms with van der Waals surface area (Å²) in [4.78, 5) is 12.7. The zero-order valence-corrected chi connectivity index (χ0v) is 16.4. The van der Waals surface area contributed by atoms with Crippen LogP contribution in [0.5, 0.6) is 5.75 Å². The molecule has 1 amide bonds. The van der Waals surface area contributed by atoms with Gasteiger partial charge in [-0.1, -0.05) is 12.1 Å². The summed E-state index contributed by atoms with van der Waals surface area (Å²) in [5, 5.41) is 2.83. The second-order valence-electron chi connectivity index (χ2n) is 6.24. The topological polar surface area (TPSA) is 75.7 Å². The SMILES string of the molecule is COc1ccc(N([C@@H](C)C(=O)Nc2cc(C)ccc2C)S(C)(=O)=O)cc1. The van der Waals surface area contributed by atoms with Crippen molar-refractivity contribution < 1.29 is 17.9 Å². The van der Waals surface area contributed by atoms with E-state index in [4.69, 9.17) is 4.74 Å². The van der Waals surface area contributed by atoms with Crippen LogP contribution in [0, 0.1) is 13.8 Å². The van der Waals surface area contributed by atoms with Gasteiger partial charge in [-0.15, -0.1) is 0 Å². The number of anilines is 2. The summed E-state index contributed by atoms with van der Waals surface area (Å²) < 4.78 is 30.8. The van der Waals surface area contributed by atoms with Crippen LogP contribution in [0.3, 0.4) is 0 Å². The van der Waals surface area contributed by atoms with E-state index in [2.05, 4.69) is 5.32 Å². The Hall–Kier alpha value is -2.54. The second kappa shape index (κ2) is 7.78. The Morgan fingerprint density at radius 1 is 1.12 bits per heavy atom. The quantitative estimate of drug-likeness (QED) is 0.840. The third kappa shape index (κ3) is 4.54. The molecule has 1 atom stereocenters. The molecule has 0 heterocycles. The molecule has 6 nitrogen and oxygen atoms in total. The van der Waals surface area contributed by atoms with Crippen molar-refractivity contribution in [2.45, 2.75) is 26.8 Å². The van der Waals surface area contributed by atoms with Gasteiger partial charge in [-0.25, -0.2) is 8.42 Å². The number of benzene rings is 2. The van der Waals surface area contributed by atoms with Gasteiger partial charge < -0.3 is 10.1 Å². The summed E-state index contributed by atoms with van der Waals surface area (Å²) in [5.41, 5.74) is 2.99. The minimum atomic E-state index is -3.66. The minimum absolute atomic E-state index is 0.400. The van der Waals surface area contributed by atoms with E-state index in [9.17, 15) is 13.2 Å². The Labute approximate surface area is 154 Å². The van der Waals surface area contributed by atoms with Gasteiger partial charge in [-0.05, 0) is 62.2 Å². The highest BCUT2D eigenvalue weighted by molar-refractivity contribution is 7.92. The average molecular weight is 376 g/mol. The summed E-state index contributed by atoms with van der Waals surface area (Å²) in [5.74, 6) is 0.203. The van der Waals surface area contributed by atoms with Crippen molar-refractivity contribution in [3.05, 3.63) is 53.6 Å². The van der Waals surface area contributed by atoms with E-state index >= 15 is 0 Å². The van der Waals surface area contributed by atoms with Crippen LogP contribution in [0.15, 0.2) is 42.5 Å². The van der Waals surface area contributed by atoms with Gasteiger partial charge in [0, 0.05) is 5.69 Å². The Kier molecular flexibility index (Phi) is 5.92. The summed E-state index contributed by atoms with van der Waals surface area (Å²) in [7, 11) is -2.13. The summed E-state index contributed by atoms with van der Waals surface area (Å²) >= 11 is 0. The summed E-state index contributed by atoms with van der Waals surface area (Å²) in [6.45, 7) is 5.38. The van der Waals surface area contributed by atoms with Crippen LogP contribution in [0.2, 0.25) is 0 Å². The van der Waals surface area contributed by atoms with Gasteiger partial charge in [0.25, 0.3) is 0 Å². The van der Waals surface area contributed by atoms with Crippen LogP contribution in [0.25, 0.3) is 0 Å². The van der Waals surface area contributed by atoms with Crippen LogP contribution >= 0.6 is 0 Å². The lowest BCUT2D eigenvalue weighted by atomic mass is 10.1. The molecule has 0 saturated carbocycles. The predicted molar refractivity (Wildman–Crippen MR) is 104 cm³/mol. The number of aryl methyl sites for hydroxylation is 2. The van der Waals surface area contributed by atoms with Gasteiger partial charge in [-0.2, -0.15) is 0 Å². The maximum Gasteiger partial charge on any atom is 0.248 e. The first kappa shape index (κ1) is 19.8. The lowest BCUT2D eigenvalue weighted by Crippen LogP contribution is -2.45. The van der Waals surface area contributed by atoms with Crippen LogP contribution in [-0.4, -0.2) is 33.7 Å². The van der Waals surface area contributed by atoms with Crippen LogP contribution < -0.4 is 14.4 Å². The largest absolute Gasteiger partial charge is 0.497 e. The molecule has 1 N–H and O–H groups in total. The number of ether oxygens (including phenoxy) is 1. The molecule has 0 bridgehead atoms. The van der Waals surface area contributed by atoms with E-state index in [0.717, 1.165) is 21.7 Å². The second-order valence-corrected chi connectivity index (χ2v) is 8.10. The highest BCUT2D eigenvalue weighted by Crippen LogP contribution is 2.25. The van der Waals surface area contributed by atoms with E-state index in [1.165, 1.54) is 7.11 Å². The molecule has 2 aromatic carbocycles. The number of amides is 1.